The molecule has 1 aliphatic heterocycles. The SMILES string of the molecule is Cc1cc(C)n2c(n1)nc(=S)n2CN1CCN(c2cccc(Cl)c2)CC1. The van der Waals surface area contributed by atoms with E-state index in [1.165, 1.54) is 5.69 Å². The minimum atomic E-state index is 0.573. The third kappa shape index (κ3) is 3.34. The standard InChI is InChI=1S/C18H21ClN6S/c1-13-10-14(2)25-17(20-13)21-18(26)24(25)12-22-6-8-23(9-7-22)16-5-3-4-15(19)11-16/h3-5,10-11H,6-9,12H2,1-2H3. The summed E-state index contributed by atoms with van der Waals surface area (Å²) in [6.07, 6.45) is 0. The zero-order chi connectivity index (χ0) is 18.3. The second kappa shape index (κ2) is 6.98. The van der Waals surface area contributed by atoms with Crippen LogP contribution in [0.25, 0.3) is 5.78 Å². The van der Waals surface area contributed by atoms with Crippen molar-refractivity contribution in [3.8, 4) is 0 Å². The van der Waals surface area contributed by atoms with Crippen LogP contribution < -0.4 is 4.90 Å². The molecule has 3 aromatic rings. The number of aromatic nitrogens is 4. The minimum Gasteiger partial charge on any atom is -0.369 e. The molecule has 0 N–H and O–H groups in total. The molecule has 0 spiro atoms. The average molecular weight is 389 g/mol. The maximum absolute atomic E-state index is 6.12. The first-order chi connectivity index (χ1) is 12.5. The highest BCUT2D eigenvalue weighted by molar-refractivity contribution is 7.71. The molecular formula is C18H21ClN6S. The second-order valence-corrected chi connectivity index (χ2v) is 7.47. The molecule has 136 valence electrons. The van der Waals surface area contributed by atoms with Crippen LogP contribution in [0, 0.1) is 18.6 Å². The van der Waals surface area contributed by atoms with E-state index in [2.05, 4.69) is 38.8 Å². The fourth-order valence-electron chi connectivity index (χ4n) is 3.49. The lowest BCUT2D eigenvalue weighted by Crippen LogP contribution is -2.47. The van der Waals surface area contributed by atoms with Gasteiger partial charge in [0.15, 0.2) is 0 Å². The maximum atomic E-state index is 6.12. The Bertz CT molecular complexity index is 1000. The van der Waals surface area contributed by atoms with Crippen molar-refractivity contribution in [2.24, 2.45) is 0 Å². The van der Waals surface area contributed by atoms with Gasteiger partial charge in [0.05, 0.1) is 6.67 Å². The molecule has 0 bridgehead atoms. The molecule has 0 unspecified atom stereocenters. The summed E-state index contributed by atoms with van der Waals surface area (Å²) in [5.41, 5.74) is 3.23. The number of aryl methyl sites for hydroxylation is 2. The van der Waals surface area contributed by atoms with Gasteiger partial charge < -0.3 is 4.90 Å². The molecular weight excluding hydrogens is 368 g/mol. The number of hydrogen-bond donors (Lipinski definition) is 0. The Morgan fingerprint density at radius 1 is 1.08 bits per heavy atom. The molecule has 2 aromatic heterocycles. The Labute approximate surface area is 162 Å². The molecule has 4 rings (SSSR count). The van der Waals surface area contributed by atoms with Gasteiger partial charge >= 0.3 is 0 Å². The first-order valence-electron chi connectivity index (χ1n) is 8.68. The van der Waals surface area contributed by atoms with Crippen LogP contribution in [0.2, 0.25) is 5.02 Å². The molecule has 0 amide bonds. The van der Waals surface area contributed by atoms with Crippen molar-refractivity contribution in [1.29, 1.82) is 0 Å². The zero-order valence-corrected chi connectivity index (χ0v) is 16.5. The van der Waals surface area contributed by atoms with E-state index in [0.29, 0.717) is 10.5 Å². The number of rotatable bonds is 3. The summed E-state index contributed by atoms with van der Waals surface area (Å²) < 4.78 is 4.61. The third-order valence-electron chi connectivity index (χ3n) is 4.76. The molecule has 3 heterocycles. The Morgan fingerprint density at radius 3 is 2.58 bits per heavy atom. The van der Waals surface area contributed by atoms with Gasteiger partial charge in [-0.1, -0.05) is 17.7 Å². The first-order valence-corrected chi connectivity index (χ1v) is 9.46. The van der Waals surface area contributed by atoms with Gasteiger partial charge in [0.1, 0.15) is 0 Å². The number of halogens is 1. The number of piperazine rings is 1. The fourth-order valence-corrected chi connectivity index (χ4v) is 3.90. The quantitative estimate of drug-likeness (QED) is 0.644. The largest absolute Gasteiger partial charge is 0.369 e. The molecule has 1 saturated heterocycles. The van der Waals surface area contributed by atoms with Crippen molar-refractivity contribution >= 4 is 35.3 Å². The van der Waals surface area contributed by atoms with Crippen molar-refractivity contribution in [2.75, 3.05) is 31.1 Å². The Kier molecular flexibility index (Phi) is 4.69. The predicted molar refractivity (Wildman–Crippen MR) is 107 cm³/mol. The molecule has 1 aromatic carbocycles. The van der Waals surface area contributed by atoms with Crippen molar-refractivity contribution < 1.29 is 0 Å². The van der Waals surface area contributed by atoms with E-state index in [1.54, 1.807) is 0 Å². The first kappa shape index (κ1) is 17.5. The van der Waals surface area contributed by atoms with Gasteiger partial charge in [-0.2, -0.15) is 4.98 Å². The molecule has 26 heavy (non-hydrogen) atoms. The van der Waals surface area contributed by atoms with Gasteiger partial charge in [0.2, 0.25) is 4.77 Å². The monoisotopic (exact) mass is 388 g/mol. The van der Waals surface area contributed by atoms with Crippen LogP contribution in [-0.4, -0.2) is 50.2 Å². The molecule has 0 aliphatic carbocycles. The van der Waals surface area contributed by atoms with Crippen LogP contribution in [0.5, 0.6) is 0 Å². The van der Waals surface area contributed by atoms with Crippen LogP contribution in [0.15, 0.2) is 30.3 Å². The van der Waals surface area contributed by atoms with E-state index < -0.39 is 0 Å². The van der Waals surface area contributed by atoms with E-state index in [9.17, 15) is 0 Å². The number of hydrogen-bond acceptors (Lipinski definition) is 5. The topological polar surface area (TPSA) is 41.6 Å². The molecule has 8 heteroatoms. The van der Waals surface area contributed by atoms with E-state index in [0.717, 1.165) is 49.3 Å². The maximum Gasteiger partial charge on any atom is 0.252 e. The Balaban J connectivity index is 1.51. The van der Waals surface area contributed by atoms with E-state index in [-0.39, 0.29) is 0 Å². The Hall–Kier alpha value is -1.96. The van der Waals surface area contributed by atoms with Gasteiger partial charge in [-0.15, -0.1) is 0 Å². The third-order valence-corrected chi connectivity index (χ3v) is 5.29. The van der Waals surface area contributed by atoms with Gasteiger partial charge in [-0.3, -0.25) is 4.90 Å². The lowest BCUT2D eigenvalue weighted by Gasteiger charge is -2.36. The van der Waals surface area contributed by atoms with Crippen LogP contribution in [0.3, 0.4) is 0 Å². The summed E-state index contributed by atoms with van der Waals surface area (Å²) in [7, 11) is 0. The summed E-state index contributed by atoms with van der Waals surface area (Å²) in [6.45, 7) is 8.59. The average Bonchev–Trinajstić information content (AvgIpc) is 2.91. The van der Waals surface area contributed by atoms with E-state index in [1.807, 2.05) is 34.3 Å². The zero-order valence-electron chi connectivity index (χ0n) is 14.9. The predicted octanol–water partition coefficient (Wildman–Crippen LogP) is 3.31. The van der Waals surface area contributed by atoms with Gasteiger partial charge in [-0.05, 0) is 50.3 Å². The van der Waals surface area contributed by atoms with Gasteiger partial charge in [-0.25, -0.2) is 14.2 Å². The fraction of sp³-hybridized carbons (Fsp3) is 0.389. The van der Waals surface area contributed by atoms with Crippen LogP contribution in [0.1, 0.15) is 11.4 Å². The smallest absolute Gasteiger partial charge is 0.252 e. The molecule has 6 nitrogen and oxygen atoms in total. The highest BCUT2D eigenvalue weighted by Gasteiger charge is 2.19. The highest BCUT2D eigenvalue weighted by Crippen LogP contribution is 2.21. The van der Waals surface area contributed by atoms with Gasteiger partial charge in [0.25, 0.3) is 5.78 Å². The number of anilines is 1. The lowest BCUT2D eigenvalue weighted by molar-refractivity contribution is 0.190. The van der Waals surface area contributed by atoms with Crippen LogP contribution >= 0.6 is 23.8 Å². The van der Waals surface area contributed by atoms with Crippen LogP contribution in [0.4, 0.5) is 5.69 Å². The minimum absolute atomic E-state index is 0.573. The molecule has 1 fully saturated rings. The summed E-state index contributed by atoms with van der Waals surface area (Å²) in [5, 5.41) is 0.778. The summed E-state index contributed by atoms with van der Waals surface area (Å²) >= 11 is 11.6. The summed E-state index contributed by atoms with van der Waals surface area (Å²) in [6, 6.07) is 10.1. The van der Waals surface area contributed by atoms with E-state index >= 15 is 0 Å². The molecule has 0 atom stereocenters. The molecule has 0 saturated carbocycles. The normalized spacial score (nSPS) is 15.7. The van der Waals surface area contributed by atoms with Crippen LogP contribution in [-0.2, 0) is 6.67 Å². The second-order valence-electron chi connectivity index (χ2n) is 6.67. The van der Waals surface area contributed by atoms with Gasteiger partial charge in [0, 0.05) is 48.3 Å². The molecule has 0 radical (unpaired) electrons. The Morgan fingerprint density at radius 2 is 1.85 bits per heavy atom. The summed E-state index contributed by atoms with van der Waals surface area (Å²) in [4.78, 5) is 13.7. The van der Waals surface area contributed by atoms with Crippen molar-refractivity contribution in [3.05, 3.63) is 51.5 Å². The molecule has 1 aliphatic rings. The number of benzene rings is 1. The van der Waals surface area contributed by atoms with Crippen molar-refractivity contribution in [2.45, 2.75) is 20.5 Å². The van der Waals surface area contributed by atoms with Crippen molar-refractivity contribution in [1.82, 2.24) is 24.1 Å². The highest BCUT2D eigenvalue weighted by atomic mass is 35.5. The number of nitrogens with zero attached hydrogens (tertiary/aromatic N) is 6. The lowest BCUT2D eigenvalue weighted by atomic mass is 10.2. The van der Waals surface area contributed by atoms with E-state index in [4.69, 9.17) is 23.8 Å². The number of fused-ring (bicyclic) bond motifs is 1. The van der Waals surface area contributed by atoms with Crippen molar-refractivity contribution in [3.63, 3.8) is 0 Å². The summed E-state index contributed by atoms with van der Waals surface area (Å²) in [5.74, 6) is 0.671.